The lowest BCUT2D eigenvalue weighted by Gasteiger charge is -2.39. The van der Waals surface area contributed by atoms with Crippen LogP contribution in [0, 0.1) is 0 Å². The lowest BCUT2D eigenvalue weighted by Crippen LogP contribution is -2.55. The second kappa shape index (κ2) is 11.5. The minimum absolute atomic E-state index is 0.157. The van der Waals surface area contributed by atoms with Crippen LogP contribution >= 0.6 is 0 Å². The van der Waals surface area contributed by atoms with E-state index in [1.807, 2.05) is 27.7 Å². The first kappa shape index (κ1) is 27.0. The zero-order chi connectivity index (χ0) is 21.9. The van der Waals surface area contributed by atoms with E-state index in [2.05, 4.69) is 6.58 Å². The van der Waals surface area contributed by atoms with Gasteiger partial charge >= 0.3 is 12.4 Å². The molecule has 1 nitrogen and oxygen atoms in total. The Balaban J connectivity index is 0. The molecule has 0 aliphatic heterocycles. The number of allylic oxidation sites excluding steroid dienone is 4. The monoisotopic (exact) mass is 395 g/mol. The summed E-state index contributed by atoms with van der Waals surface area (Å²) in [6.07, 6.45) is -8.84. The quantitative estimate of drug-likeness (QED) is 0.428. The maximum absolute atomic E-state index is 13.7. The molecule has 0 bridgehead atoms. The van der Waals surface area contributed by atoms with E-state index in [9.17, 15) is 26.3 Å². The molecule has 0 aliphatic carbocycles. The van der Waals surface area contributed by atoms with Gasteiger partial charge in [-0.2, -0.15) is 26.3 Å². The van der Waals surface area contributed by atoms with Gasteiger partial charge in [0, 0.05) is 5.70 Å². The van der Waals surface area contributed by atoms with Gasteiger partial charge in [0.2, 0.25) is 5.41 Å². The average Bonchev–Trinajstić information content (AvgIpc) is 2.60. The van der Waals surface area contributed by atoms with Crippen LogP contribution in [0.15, 0.2) is 66.4 Å². The van der Waals surface area contributed by atoms with E-state index >= 15 is 0 Å². The Hall–Kier alpha value is -2.18. The topological polar surface area (TPSA) is 26.0 Å². The summed E-state index contributed by atoms with van der Waals surface area (Å²) >= 11 is 0. The maximum atomic E-state index is 13.7. The molecule has 0 aromatic heterocycles. The predicted octanol–water partition coefficient (Wildman–Crippen LogP) is 7.08. The van der Waals surface area contributed by atoms with Crippen molar-refractivity contribution in [3.8, 4) is 0 Å². The summed E-state index contributed by atoms with van der Waals surface area (Å²) in [5, 5.41) is 0. The molecule has 2 N–H and O–H groups in total. The minimum atomic E-state index is -5.60. The molecule has 0 unspecified atom stereocenters. The molecule has 154 valence electrons. The zero-order valence-corrected chi connectivity index (χ0v) is 16.2. The van der Waals surface area contributed by atoms with Crippen molar-refractivity contribution in [1.82, 2.24) is 0 Å². The lowest BCUT2D eigenvalue weighted by molar-refractivity contribution is -0.289. The van der Waals surface area contributed by atoms with E-state index in [1.165, 1.54) is 6.07 Å². The summed E-state index contributed by atoms with van der Waals surface area (Å²) in [6.45, 7) is 12.3. The summed E-state index contributed by atoms with van der Waals surface area (Å²) in [5.41, 5.74) is -0.976. The summed E-state index contributed by atoms with van der Waals surface area (Å²) in [6, 6.07) is 5.19. The smallest absolute Gasteiger partial charge is 0.399 e. The fourth-order valence-electron chi connectivity index (χ4n) is 2.30. The van der Waals surface area contributed by atoms with Gasteiger partial charge in [-0.15, -0.1) is 0 Å². The highest BCUT2D eigenvalue weighted by Crippen LogP contribution is 2.56. The van der Waals surface area contributed by atoms with Gasteiger partial charge in [-0.25, -0.2) is 0 Å². The summed E-state index contributed by atoms with van der Waals surface area (Å²) in [5.74, 6) is 0. The van der Waals surface area contributed by atoms with E-state index in [4.69, 9.17) is 5.73 Å². The van der Waals surface area contributed by atoms with Crippen LogP contribution in [0.25, 0.3) is 0 Å². The van der Waals surface area contributed by atoms with Crippen molar-refractivity contribution < 1.29 is 26.3 Å². The van der Waals surface area contributed by atoms with Gasteiger partial charge < -0.3 is 5.73 Å². The third-order valence-corrected chi connectivity index (χ3v) is 3.28. The van der Waals surface area contributed by atoms with Crippen LogP contribution in [0.2, 0.25) is 0 Å². The van der Waals surface area contributed by atoms with Crippen LogP contribution < -0.4 is 5.73 Å². The molecule has 7 heteroatoms. The Kier molecular flexibility index (Phi) is 11.5. The van der Waals surface area contributed by atoms with E-state index in [0.29, 0.717) is 6.08 Å². The molecule has 0 radical (unpaired) electrons. The molecule has 0 saturated heterocycles. The molecular weight excluding hydrogens is 368 g/mol. The first-order valence-electron chi connectivity index (χ1n) is 8.46. The van der Waals surface area contributed by atoms with Gasteiger partial charge in [0.1, 0.15) is 0 Å². The number of nitrogens with two attached hydrogens (primary N) is 1. The van der Waals surface area contributed by atoms with E-state index in [1.54, 1.807) is 0 Å². The van der Waals surface area contributed by atoms with Gasteiger partial charge in [0.15, 0.2) is 0 Å². The Labute approximate surface area is 157 Å². The Morgan fingerprint density at radius 2 is 1.26 bits per heavy atom. The second-order valence-corrected chi connectivity index (χ2v) is 4.76. The lowest BCUT2D eigenvalue weighted by atomic mass is 9.72. The number of rotatable bonds is 4. The summed E-state index contributed by atoms with van der Waals surface area (Å²) in [4.78, 5) is 0. The molecule has 0 heterocycles. The van der Waals surface area contributed by atoms with Gasteiger partial charge in [-0.1, -0.05) is 76.8 Å². The first-order chi connectivity index (χ1) is 12.5. The van der Waals surface area contributed by atoms with E-state index < -0.39 is 28.9 Å². The Morgan fingerprint density at radius 3 is 1.56 bits per heavy atom. The largest absolute Gasteiger partial charge is 0.411 e. The molecule has 1 aromatic carbocycles. The van der Waals surface area contributed by atoms with Crippen molar-refractivity contribution in [2.45, 2.75) is 52.4 Å². The molecule has 1 aromatic rings. The molecule has 0 spiro atoms. The number of benzene rings is 1. The molecular formula is C20H27F6N. The van der Waals surface area contributed by atoms with Gasteiger partial charge in [-0.3, -0.25) is 0 Å². The van der Waals surface area contributed by atoms with Gasteiger partial charge in [0.25, 0.3) is 0 Å². The van der Waals surface area contributed by atoms with Crippen LogP contribution in [0.4, 0.5) is 26.3 Å². The van der Waals surface area contributed by atoms with Crippen molar-refractivity contribution in [3.05, 3.63) is 72.0 Å². The maximum Gasteiger partial charge on any atom is 0.411 e. The highest BCUT2D eigenvalue weighted by molar-refractivity contribution is 5.47. The van der Waals surface area contributed by atoms with Gasteiger partial charge in [-0.05, 0) is 24.1 Å². The minimum Gasteiger partial charge on any atom is -0.399 e. The standard InChI is InChI=1S/C16H15F6N.2C2H6/c1-3-12(10-9-11(2)23)14(15(17,18)19,16(20,21)22)13-7-5-4-6-8-13;2*1-2/h3-10H,2,23H2,1H3;2*1-2H3/b10-9-,12-3+;;. The van der Waals surface area contributed by atoms with E-state index in [0.717, 1.165) is 43.3 Å². The van der Waals surface area contributed by atoms with E-state index in [-0.39, 0.29) is 5.70 Å². The van der Waals surface area contributed by atoms with Crippen molar-refractivity contribution in [2.24, 2.45) is 5.73 Å². The first-order valence-corrected chi connectivity index (χ1v) is 8.46. The molecule has 0 amide bonds. The Bertz CT molecular complexity index is 596. The van der Waals surface area contributed by atoms with Gasteiger partial charge in [0.05, 0.1) is 0 Å². The van der Waals surface area contributed by atoms with Crippen LogP contribution in [0.1, 0.15) is 40.2 Å². The summed E-state index contributed by atoms with van der Waals surface area (Å²) < 4.78 is 82.0. The second-order valence-electron chi connectivity index (χ2n) is 4.76. The normalized spacial score (nSPS) is 12.6. The highest BCUT2D eigenvalue weighted by Gasteiger charge is 2.72. The SMILES string of the molecule is C=C(N)/C=C\C(=C/C)C(c1ccccc1)(C(F)(F)F)C(F)(F)F.CC.CC. The number of hydrogen-bond acceptors (Lipinski definition) is 1. The molecule has 0 saturated carbocycles. The number of alkyl halides is 6. The number of hydrogen-bond donors (Lipinski definition) is 1. The van der Waals surface area contributed by atoms with Crippen molar-refractivity contribution in [1.29, 1.82) is 0 Å². The van der Waals surface area contributed by atoms with Crippen molar-refractivity contribution >= 4 is 0 Å². The Morgan fingerprint density at radius 1 is 0.852 bits per heavy atom. The molecule has 0 fully saturated rings. The molecule has 27 heavy (non-hydrogen) atoms. The zero-order valence-electron chi connectivity index (χ0n) is 16.2. The fraction of sp³-hybridized carbons (Fsp3) is 0.400. The van der Waals surface area contributed by atoms with Crippen LogP contribution in [-0.2, 0) is 5.41 Å². The highest BCUT2D eigenvalue weighted by atomic mass is 19.4. The van der Waals surface area contributed by atoms with Crippen LogP contribution in [0.3, 0.4) is 0 Å². The van der Waals surface area contributed by atoms with Crippen LogP contribution in [0.5, 0.6) is 0 Å². The van der Waals surface area contributed by atoms with Crippen LogP contribution in [-0.4, -0.2) is 12.4 Å². The average molecular weight is 395 g/mol. The fourth-order valence-corrected chi connectivity index (χ4v) is 2.30. The molecule has 1 rings (SSSR count). The third-order valence-electron chi connectivity index (χ3n) is 3.28. The third kappa shape index (κ3) is 6.19. The molecule has 0 aliphatic rings. The number of halogens is 6. The van der Waals surface area contributed by atoms with Crippen molar-refractivity contribution in [2.75, 3.05) is 0 Å². The summed E-state index contributed by atoms with van der Waals surface area (Å²) in [7, 11) is 0. The van der Waals surface area contributed by atoms with Crippen molar-refractivity contribution in [3.63, 3.8) is 0 Å². The predicted molar refractivity (Wildman–Crippen MR) is 99.2 cm³/mol. The molecule has 0 atom stereocenters.